The highest BCUT2D eigenvalue weighted by Crippen LogP contribution is 2.16. The fraction of sp³-hybridized carbons (Fsp3) is 0.0588. The largest absolute Gasteiger partial charge is 0.358 e. The van der Waals surface area contributed by atoms with Gasteiger partial charge < -0.3 is 15.6 Å². The number of para-hydroxylation sites is 1. The van der Waals surface area contributed by atoms with E-state index in [4.69, 9.17) is 12.2 Å². The van der Waals surface area contributed by atoms with Crippen LogP contribution in [0.5, 0.6) is 0 Å². The highest BCUT2D eigenvalue weighted by atomic mass is 32.1. The van der Waals surface area contributed by atoms with E-state index in [1.165, 1.54) is 0 Å². The minimum absolute atomic E-state index is 0.00293. The van der Waals surface area contributed by atoms with Crippen molar-refractivity contribution in [2.24, 2.45) is 0 Å². The molecule has 0 saturated carbocycles. The zero-order valence-corrected chi connectivity index (χ0v) is 12.8. The molecule has 3 aromatic rings. The molecule has 3 rings (SSSR count). The van der Waals surface area contributed by atoms with Crippen LogP contribution in [0.25, 0.3) is 10.9 Å². The molecular weight excluding hydrogens is 294 g/mol. The molecule has 110 valence electrons. The van der Waals surface area contributed by atoms with Gasteiger partial charge in [-0.3, -0.25) is 4.79 Å². The molecule has 2 aromatic carbocycles. The van der Waals surface area contributed by atoms with E-state index in [0.717, 1.165) is 22.6 Å². The Balaban J connectivity index is 1.82. The molecular formula is C17H15N3OS. The van der Waals surface area contributed by atoms with Crippen molar-refractivity contribution < 1.29 is 0 Å². The minimum atomic E-state index is -0.00293. The van der Waals surface area contributed by atoms with Crippen LogP contribution >= 0.6 is 12.2 Å². The van der Waals surface area contributed by atoms with Gasteiger partial charge in [0.15, 0.2) is 10.5 Å². The van der Waals surface area contributed by atoms with E-state index in [0.29, 0.717) is 10.5 Å². The number of benzene rings is 2. The SMILES string of the molecule is Cc1cc(=O)c2cc(NC(=S)Nc3ccccc3)ccc2[nH]1. The number of fused-ring (bicyclic) bond motifs is 1. The number of hydrogen-bond donors (Lipinski definition) is 3. The molecule has 0 aliphatic carbocycles. The standard InChI is InChI=1S/C17H15N3OS/c1-11-9-16(21)14-10-13(7-8-15(14)18-11)20-17(22)19-12-5-3-2-4-6-12/h2-10H,1H3,(H,18,21)(H2,19,20,22). The van der Waals surface area contributed by atoms with Gasteiger partial charge in [0.25, 0.3) is 0 Å². The normalized spacial score (nSPS) is 10.4. The molecule has 0 bridgehead atoms. The van der Waals surface area contributed by atoms with E-state index in [9.17, 15) is 4.79 Å². The first-order valence-electron chi connectivity index (χ1n) is 6.88. The second-order valence-corrected chi connectivity index (χ2v) is 5.43. The van der Waals surface area contributed by atoms with Crippen LogP contribution in [0, 0.1) is 6.92 Å². The third-order valence-corrected chi connectivity index (χ3v) is 3.46. The third kappa shape index (κ3) is 3.15. The average molecular weight is 309 g/mol. The lowest BCUT2D eigenvalue weighted by Crippen LogP contribution is -2.19. The van der Waals surface area contributed by atoms with Crippen molar-refractivity contribution in [1.29, 1.82) is 0 Å². The summed E-state index contributed by atoms with van der Waals surface area (Å²) < 4.78 is 0. The molecule has 0 saturated heterocycles. The van der Waals surface area contributed by atoms with Crippen molar-refractivity contribution in [3.8, 4) is 0 Å². The number of nitrogens with one attached hydrogen (secondary N) is 3. The summed E-state index contributed by atoms with van der Waals surface area (Å²) in [6, 6.07) is 16.8. The van der Waals surface area contributed by atoms with Crippen molar-refractivity contribution >= 4 is 39.6 Å². The molecule has 1 heterocycles. The molecule has 0 radical (unpaired) electrons. The van der Waals surface area contributed by atoms with Crippen LogP contribution in [0.15, 0.2) is 59.4 Å². The van der Waals surface area contributed by atoms with E-state index >= 15 is 0 Å². The summed E-state index contributed by atoms with van der Waals surface area (Å²) in [5.74, 6) is 0. The summed E-state index contributed by atoms with van der Waals surface area (Å²) in [7, 11) is 0. The Hall–Kier alpha value is -2.66. The van der Waals surface area contributed by atoms with Crippen molar-refractivity contribution in [3.05, 3.63) is 70.5 Å². The van der Waals surface area contributed by atoms with Gasteiger partial charge in [-0.15, -0.1) is 0 Å². The highest BCUT2D eigenvalue weighted by Gasteiger charge is 2.03. The smallest absolute Gasteiger partial charge is 0.189 e. The van der Waals surface area contributed by atoms with Gasteiger partial charge in [-0.25, -0.2) is 0 Å². The fourth-order valence-corrected chi connectivity index (χ4v) is 2.51. The topological polar surface area (TPSA) is 56.9 Å². The Morgan fingerprint density at radius 2 is 1.73 bits per heavy atom. The summed E-state index contributed by atoms with van der Waals surface area (Å²) >= 11 is 5.29. The number of aromatic amines is 1. The zero-order valence-electron chi connectivity index (χ0n) is 12.0. The second-order valence-electron chi connectivity index (χ2n) is 5.02. The average Bonchev–Trinajstić information content (AvgIpc) is 2.49. The number of rotatable bonds is 2. The van der Waals surface area contributed by atoms with Gasteiger partial charge in [-0.2, -0.15) is 0 Å². The molecule has 0 atom stereocenters. The molecule has 1 aromatic heterocycles. The van der Waals surface area contributed by atoms with Crippen LogP contribution in [0.4, 0.5) is 11.4 Å². The van der Waals surface area contributed by atoms with Gasteiger partial charge in [-0.05, 0) is 49.5 Å². The highest BCUT2D eigenvalue weighted by molar-refractivity contribution is 7.80. The Kier molecular flexibility index (Phi) is 3.89. The second kappa shape index (κ2) is 5.99. The van der Waals surface area contributed by atoms with Crippen LogP contribution in [-0.2, 0) is 0 Å². The summed E-state index contributed by atoms with van der Waals surface area (Å²) in [5.41, 5.74) is 3.35. The molecule has 0 fully saturated rings. The Bertz CT molecular complexity index is 887. The van der Waals surface area contributed by atoms with E-state index < -0.39 is 0 Å². The summed E-state index contributed by atoms with van der Waals surface area (Å²) in [6.45, 7) is 1.87. The molecule has 5 heteroatoms. The van der Waals surface area contributed by atoms with E-state index in [2.05, 4.69) is 15.6 Å². The number of aryl methyl sites for hydroxylation is 1. The number of H-pyrrole nitrogens is 1. The molecule has 0 aliphatic heterocycles. The lowest BCUT2D eigenvalue weighted by atomic mass is 10.2. The summed E-state index contributed by atoms with van der Waals surface area (Å²) in [5, 5.41) is 7.31. The maximum Gasteiger partial charge on any atom is 0.189 e. The fourth-order valence-electron chi connectivity index (χ4n) is 2.27. The van der Waals surface area contributed by atoms with Crippen LogP contribution < -0.4 is 16.1 Å². The molecule has 4 nitrogen and oxygen atoms in total. The molecule has 0 aliphatic rings. The van der Waals surface area contributed by atoms with Gasteiger partial charge in [0.1, 0.15) is 0 Å². The molecule has 0 spiro atoms. The summed E-state index contributed by atoms with van der Waals surface area (Å²) in [6.07, 6.45) is 0. The van der Waals surface area contributed by atoms with Crippen LogP contribution in [-0.4, -0.2) is 10.1 Å². The van der Waals surface area contributed by atoms with E-state index in [1.54, 1.807) is 12.1 Å². The van der Waals surface area contributed by atoms with Crippen LogP contribution in [0.3, 0.4) is 0 Å². The molecule has 0 amide bonds. The minimum Gasteiger partial charge on any atom is -0.358 e. The van der Waals surface area contributed by atoms with Gasteiger partial charge in [0, 0.05) is 34.0 Å². The predicted octanol–water partition coefficient (Wildman–Crippen LogP) is 3.65. The Labute approximate surface area is 133 Å². The summed E-state index contributed by atoms with van der Waals surface area (Å²) in [4.78, 5) is 15.2. The van der Waals surface area contributed by atoms with Crippen molar-refractivity contribution in [1.82, 2.24) is 4.98 Å². The maximum atomic E-state index is 12.0. The quantitative estimate of drug-likeness (QED) is 0.633. The zero-order chi connectivity index (χ0) is 15.5. The van der Waals surface area contributed by atoms with Crippen LogP contribution in [0.1, 0.15) is 5.69 Å². The Morgan fingerprint density at radius 1 is 1.00 bits per heavy atom. The number of pyridine rings is 1. The van der Waals surface area contributed by atoms with Crippen molar-refractivity contribution in [3.63, 3.8) is 0 Å². The molecule has 0 unspecified atom stereocenters. The van der Waals surface area contributed by atoms with Crippen molar-refractivity contribution in [2.75, 3.05) is 10.6 Å². The first kappa shape index (κ1) is 14.3. The van der Waals surface area contributed by atoms with Crippen LogP contribution in [0.2, 0.25) is 0 Å². The number of aromatic nitrogens is 1. The van der Waals surface area contributed by atoms with Gasteiger partial charge in [-0.1, -0.05) is 18.2 Å². The monoisotopic (exact) mass is 309 g/mol. The van der Waals surface area contributed by atoms with Gasteiger partial charge in [0.05, 0.1) is 0 Å². The van der Waals surface area contributed by atoms with E-state index in [-0.39, 0.29) is 5.43 Å². The number of anilines is 2. The first-order valence-corrected chi connectivity index (χ1v) is 7.29. The molecule has 3 N–H and O–H groups in total. The van der Waals surface area contributed by atoms with Gasteiger partial charge >= 0.3 is 0 Å². The predicted molar refractivity (Wildman–Crippen MR) is 95.6 cm³/mol. The van der Waals surface area contributed by atoms with E-state index in [1.807, 2.05) is 49.4 Å². The van der Waals surface area contributed by atoms with Crippen molar-refractivity contribution in [2.45, 2.75) is 6.92 Å². The van der Waals surface area contributed by atoms with Gasteiger partial charge in [0.2, 0.25) is 0 Å². The third-order valence-electron chi connectivity index (χ3n) is 3.25. The maximum absolute atomic E-state index is 12.0. The Morgan fingerprint density at radius 3 is 2.50 bits per heavy atom. The lowest BCUT2D eigenvalue weighted by molar-refractivity contribution is 1.24. The lowest BCUT2D eigenvalue weighted by Gasteiger charge is -2.11. The molecule has 22 heavy (non-hydrogen) atoms. The number of thiocarbonyl (C=S) groups is 1. The first-order chi connectivity index (χ1) is 10.6. The number of hydrogen-bond acceptors (Lipinski definition) is 2.